The average molecular weight is 422 g/mol. The summed E-state index contributed by atoms with van der Waals surface area (Å²) in [6.45, 7) is 2.05. The van der Waals surface area contributed by atoms with Gasteiger partial charge in [0.2, 0.25) is 10.0 Å². The van der Waals surface area contributed by atoms with E-state index >= 15 is 0 Å². The molecule has 140 valence electrons. The van der Waals surface area contributed by atoms with Crippen molar-refractivity contribution in [3.8, 4) is 10.4 Å². The Morgan fingerprint density at radius 1 is 1.15 bits per heavy atom. The largest absolute Gasteiger partial charge is 0.250 e. The van der Waals surface area contributed by atoms with Gasteiger partial charge in [-0.3, -0.25) is 0 Å². The molecule has 2 aromatic carbocycles. The summed E-state index contributed by atoms with van der Waals surface area (Å²) in [5, 5.41) is 0.302. The first-order valence-corrected chi connectivity index (χ1v) is 11.1. The van der Waals surface area contributed by atoms with Crippen LogP contribution in [0.25, 0.3) is 10.4 Å². The Hall–Kier alpha value is -1.73. The van der Waals surface area contributed by atoms with Crippen molar-refractivity contribution in [3.63, 3.8) is 0 Å². The van der Waals surface area contributed by atoms with E-state index in [2.05, 4.69) is 11.6 Å². The van der Waals surface area contributed by atoms with E-state index in [4.69, 9.17) is 11.6 Å². The molecular weight excluding hydrogens is 405 g/mol. The minimum Gasteiger partial charge on any atom is -0.206 e. The van der Waals surface area contributed by atoms with Gasteiger partial charge < -0.3 is 0 Å². The topological polar surface area (TPSA) is 46.2 Å². The van der Waals surface area contributed by atoms with Crippen molar-refractivity contribution in [1.29, 1.82) is 0 Å². The Morgan fingerprint density at radius 2 is 1.89 bits per heavy atom. The maximum atomic E-state index is 14.1. The highest BCUT2D eigenvalue weighted by atomic mass is 35.5. The van der Waals surface area contributed by atoms with Crippen LogP contribution in [0.4, 0.5) is 4.39 Å². The summed E-state index contributed by atoms with van der Waals surface area (Å²) in [4.78, 5) is 0.547. The van der Waals surface area contributed by atoms with Crippen LogP contribution in [0.1, 0.15) is 18.9 Å². The Labute approximate surface area is 166 Å². The van der Waals surface area contributed by atoms with Gasteiger partial charge in [0.15, 0.2) is 0 Å². The quantitative estimate of drug-likeness (QED) is 0.614. The molecule has 1 saturated carbocycles. The number of rotatable bonds is 5. The molecule has 2 atom stereocenters. The molecule has 0 aliphatic heterocycles. The number of benzene rings is 2. The standard InChI is InChI=1S/C20H17ClFNO2S2/c1-20(13-5-3-2-4-6-13)12-18(20)23-27(24,25)19-10-9-17(26-19)15-8-7-14(21)11-16(15)22/h2-11,18,23H,12H2,1H3/t18-,20+/m0/s1. The van der Waals surface area contributed by atoms with Crippen molar-refractivity contribution in [2.75, 3.05) is 0 Å². The van der Waals surface area contributed by atoms with Gasteiger partial charge in [-0.1, -0.05) is 48.9 Å². The van der Waals surface area contributed by atoms with E-state index in [1.165, 1.54) is 12.1 Å². The Bertz CT molecular complexity index is 1100. The van der Waals surface area contributed by atoms with Crippen LogP contribution in [0.15, 0.2) is 64.9 Å². The highest BCUT2D eigenvalue weighted by Gasteiger charge is 2.53. The number of sulfonamides is 1. The summed E-state index contributed by atoms with van der Waals surface area (Å²) in [6.07, 6.45) is 0.750. The zero-order valence-corrected chi connectivity index (χ0v) is 16.8. The summed E-state index contributed by atoms with van der Waals surface area (Å²) in [6, 6.07) is 17.2. The first-order valence-electron chi connectivity index (χ1n) is 8.43. The fourth-order valence-electron chi connectivity index (χ4n) is 3.22. The van der Waals surface area contributed by atoms with Gasteiger partial charge >= 0.3 is 0 Å². The van der Waals surface area contributed by atoms with Crippen LogP contribution in [0.3, 0.4) is 0 Å². The molecule has 3 aromatic rings. The monoisotopic (exact) mass is 421 g/mol. The van der Waals surface area contributed by atoms with Crippen molar-refractivity contribution in [2.24, 2.45) is 0 Å². The van der Waals surface area contributed by atoms with Gasteiger partial charge in [-0.05, 0) is 42.3 Å². The Kier molecular flexibility index (Phi) is 4.63. The summed E-state index contributed by atoms with van der Waals surface area (Å²) in [5.41, 5.74) is 1.26. The molecule has 1 heterocycles. The van der Waals surface area contributed by atoms with Gasteiger partial charge in [0.05, 0.1) is 0 Å². The number of hydrogen-bond acceptors (Lipinski definition) is 3. The van der Waals surface area contributed by atoms with Gasteiger partial charge in [0.25, 0.3) is 0 Å². The summed E-state index contributed by atoms with van der Waals surface area (Å²) >= 11 is 6.83. The lowest BCUT2D eigenvalue weighted by molar-refractivity contribution is 0.576. The lowest BCUT2D eigenvalue weighted by Gasteiger charge is -2.12. The van der Waals surface area contributed by atoms with E-state index in [9.17, 15) is 12.8 Å². The SMILES string of the molecule is C[C@]1(c2ccccc2)C[C@@H]1NS(=O)(=O)c1ccc(-c2ccc(Cl)cc2F)s1. The maximum Gasteiger partial charge on any atom is 0.250 e. The highest BCUT2D eigenvalue weighted by Crippen LogP contribution is 2.48. The fourth-order valence-corrected chi connectivity index (χ4v) is 6.08. The second-order valence-corrected chi connectivity index (χ2v) is 10.4. The summed E-state index contributed by atoms with van der Waals surface area (Å²) < 4.78 is 42.6. The Balaban J connectivity index is 1.55. The van der Waals surface area contributed by atoms with Crippen LogP contribution in [-0.2, 0) is 15.4 Å². The molecule has 1 aromatic heterocycles. The van der Waals surface area contributed by atoms with Gasteiger partial charge in [0, 0.05) is 26.9 Å². The van der Waals surface area contributed by atoms with E-state index in [0.29, 0.717) is 15.5 Å². The smallest absolute Gasteiger partial charge is 0.206 e. The van der Waals surface area contributed by atoms with Crippen molar-refractivity contribution < 1.29 is 12.8 Å². The molecule has 0 amide bonds. The van der Waals surface area contributed by atoms with Crippen molar-refractivity contribution >= 4 is 33.0 Å². The normalized spacial score (nSPS) is 22.0. The number of nitrogens with one attached hydrogen (secondary N) is 1. The second-order valence-electron chi connectivity index (χ2n) is 6.90. The maximum absolute atomic E-state index is 14.1. The first kappa shape index (κ1) is 18.6. The molecule has 1 aliphatic carbocycles. The third-order valence-corrected chi connectivity index (χ3v) is 8.33. The zero-order chi connectivity index (χ0) is 19.2. The number of hydrogen-bond donors (Lipinski definition) is 1. The zero-order valence-electron chi connectivity index (χ0n) is 14.4. The molecule has 0 radical (unpaired) electrons. The van der Waals surface area contributed by atoms with Gasteiger partial charge in [-0.15, -0.1) is 11.3 Å². The van der Waals surface area contributed by atoms with Crippen LogP contribution in [0.2, 0.25) is 5.02 Å². The van der Waals surface area contributed by atoms with Gasteiger partial charge in [-0.2, -0.15) is 0 Å². The number of halogens is 2. The van der Waals surface area contributed by atoms with Crippen LogP contribution in [0.5, 0.6) is 0 Å². The summed E-state index contributed by atoms with van der Waals surface area (Å²) in [7, 11) is -3.66. The van der Waals surface area contributed by atoms with Crippen molar-refractivity contribution in [1.82, 2.24) is 4.72 Å². The molecule has 3 nitrogen and oxygen atoms in total. The molecule has 7 heteroatoms. The van der Waals surface area contributed by atoms with Crippen molar-refractivity contribution in [2.45, 2.75) is 29.0 Å². The third-order valence-electron chi connectivity index (χ3n) is 5.01. The fraction of sp³-hybridized carbons (Fsp3) is 0.200. The third kappa shape index (κ3) is 3.55. The van der Waals surface area contributed by atoms with E-state index < -0.39 is 15.8 Å². The molecule has 0 spiro atoms. The Morgan fingerprint density at radius 3 is 2.59 bits per heavy atom. The molecule has 0 unspecified atom stereocenters. The summed E-state index contributed by atoms with van der Waals surface area (Å²) in [5.74, 6) is -0.472. The lowest BCUT2D eigenvalue weighted by atomic mass is 9.98. The van der Waals surface area contributed by atoms with Crippen LogP contribution < -0.4 is 4.72 Å². The van der Waals surface area contributed by atoms with Gasteiger partial charge in [-0.25, -0.2) is 17.5 Å². The molecule has 1 aliphatic rings. The molecule has 1 N–H and O–H groups in total. The minimum atomic E-state index is -3.66. The first-order chi connectivity index (χ1) is 12.8. The van der Waals surface area contributed by atoms with E-state index in [1.54, 1.807) is 18.2 Å². The van der Waals surface area contributed by atoms with Crippen LogP contribution in [0, 0.1) is 5.82 Å². The van der Waals surface area contributed by atoms with E-state index in [0.717, 1.165) is 23.3 Å². The van der Waals surface area contributed by atoms with E-state index in [-0.39, 0.29) is 15.7 Å². The van der Waals surface area contributed by atoms with Gasteiger partial charge in [0.1, 0.15) is 10.0 Å². The number of thiophene rings is 1. The van der Waals surface area contributed by atoms with E-state index in [1.807, 2.05) is 30.3 Å². The molecule has 1 fully saturated rings. The predicted octanol–water partition coefficient (Wildman–Crippen LogP) is 5.22. The second kappa shape index (κ2) is 6.71. The molecule has 0 saturated heterocycles. The molecule has 27 heavy (non-hydrogen) atoms. The molecule has 0 bridgehead atoms. The average Bonchev–Trinajstić information content (AvgIpc) is 3.05. The highest BCUT2D eigenvalue weighted by molar-refractivity contribution is 7.91. The van der Waals surface area contributed by atoms with Crippen molar-refractivity contribution in [3.05, 3.63) is 77.1 Å². The lowest BCUT2D eigenvalue weighted by Crippen LogP contribution is -2.29. The van der Waals surface area contributed by atoms with Crippen LogP contribution in [-0.4, -0.2) is 14.5 Å². The molecule has 4 rings (SSSR count). The minimum absolute atomic E-state index is 0.150. The predicted molar refractivity (Wildman–Crippen MR) is 107 cm³/mol. The molecular formula is C20H17ClFNO2S2. The van der Waals surface area contributed by atoms with Crippen LogP contribution >= 0.6 is 22.9 Å².